The minimum absolute atomic E-state index is 0.103. The van der Waals surface area contributed by atoms with Crippen molar-refractivity contribution in [2.45, 2.75) is 46.5 Å². The third-order valence-electron chi connectivity index (χ3n) is 5.88. The predicted octanol–water partition coefficient (Wildman–Crippen LogP) is 4.09. The number of aliphatic imine (C=N–C) groups is 1. The van der Waals surface area contributed by atoms with Crippen LogP contribution < -0.4 is 5.43 Å². The number of fused-ring (bicyclic) bond motifs is 1. The summed E-state index contributed by atoms with van der Waals surface area (Å²) in [6.07, 6.45) is 2.13. The van der Waals surface area contributed by atoms with Crippen molar-refractivity contribution in [3.63, 3.8) is 0 Å². The summed E-state index contributed by atoms with van der Waals surface area (Å²) in [5.74, 6) is -0.927. The third kappa shape index (κ3) is 3.62. The summed E-state index contributed by atoms with van der Waals surface area (Å²) in [6, 6.07) is 6.70. The first-order valence-corrected chi connectivity index (χ1v) is 10.2. The Morgan fingerprint density at radius 2 is 1.93 bits per heavy atom. The number of rotatable bonds is 5. The van der Waals surface area contributed by atoms with Crippen molar-refractivity contribution >= 4 is 28.4 Å². The summed E-state index contributed by atoms with van der Waals surface area (Å²) in [6.45, 7) is 7.13. The van der Waals surface area contributed by atoms with E-state index in [1.807, 2.05) is 6.07 Å². The van der Waals surface area contributed by atoms with Gasteiger partial charge < -0.3 is 9.15 Å². The smallest absolute Gasteiger partial charge is 0.336 e. The first kappa shape index (κ1) is 20.3. The van der Waals surface area contributed by atoms with Crippen molar-refractivity contribution in [1.29, 1.82) is 0 Å². The molecule has 1 saturated carbocycles. The monoisotopic (exact) mass is 407 g/mol. The van der Waals surface area contributed by atoms with Gasteiger partial charge in [0.15, 0.2) is 5.43 Å². The molecule has 0 amide bonds. The van der Waals surface area contributed by atoms with Gasteiger partial charge in [0.05, 0.1) is 23.5 Å². The van der Waals surface area contributed by atoms with Crippen molar-refractivity contribution in [1.82, 2.24) is 0 Å². The molecule has 30 heavy (non-hydrogen) atoms. The second-order valence-corrected chi connectivity index (χ2v) is 8.31. The standard InChI is InChI=1S/C24H25NO5/c1-12-10-19(27)17-6-5-7-18(23(17)30-12)22-20(15(4)26)13(2)25-14(3)21(22)24(28)29-11-16-8-9-16/h5-7,10,16,20,22H,8-9,11H2,1-4H3. The lowest BCUT2D eigenvalue weighted by molar-refractivity contribution is -0.140. The predicted molar refractivity (Wildman–Crippen MR) is 114 cm³/mol. The Labute approximate surface area is 174 Å². The average Bonchev–Trinajstić information content (AvgIpc) is 3.49. The van der Waals surface area contributed by atoms with Crippen LogP contribution in [0.15, 0.2) is 49.7 Å². The summed E-state index contributed by atoms with van der Waals surface area (Å²) in [4.78, 5) is 42.8. The fraction of sp³-hybridized carbons (Fsp3) is 0.417. The minimum atomic E-state index is -0.631. The van der Waals surface area contributed by atoms with Gasteiger partial charge >= 0.3 is 5.97 Å². The number of Topliss-reactive ketones (excluding diaryl/α,β-unsaturated/α-hetero) is 1. The number of hydrogen-bond donors (Lipinski definition) is 0. The number of aryl methyl sites for hydroxylation is 1. The number of carbonyl (C=O) groups is 2. The highest BCUT2D eigenvalue weighted by Gasteiger charge is 2.41. The highest BCUT2D eigenvalue weighted by molar-refractivity contribution is 6.09. The minimum Gasteiger partial charge on any atom is -0.462 e. The van der Waals surface area contributed by atoms with Crippen LogP contribution in [0.2, 0.25) is 0 Å². The van der Waals surface area contributed by atoms with E-state index in [2.05, 4.69) is 4.99 Å². The molecule has 0 radical (unpaired) electrons. The molecule has 1 aliphatic heterocycles. The lowest BCUT2D eigenvalue weighted by Gasteiger charge is -2.31. The number of nitrogens with zero attached hydrogens (tertiary/aromatic N) is 1. The molecule has 6 nitrogen and oxygen atoms in total. The number of benzene rings is 1. The Morgan fingerprint density at radius 3 is 2.60 bits per heavy atom. The summed E-state index contributed by atoms with van der Waals surface area (Å²) in [5, 5.41) is 0.420. The summed E-state index contributed by atoms with van der Waals surface area (Å²) in [5.41, 5.74) is 2.39. The number of carbonyl (C=O) groups excluding carboxylic acids is 2. The topological polar surface area (TPSA) is 85.9 Å². The van der Waals surface area contributed by atoms with Crippen LogP contribution >= 0.6 is 0 Å². The van der Waals surface area contributed by atoms with Crippen LogP contribution in [0.3, 0.4) is 0 Å². The molecule has 1 aromatic carbocycles. The van der Waals surface area contributed by atoms with Crippen LogP contribution in [0.1, 0.15) is 50.9 Å². The van der Waals surface area contributed by atoms with Crippen LogP contribution in [-0.4, -0.2) is 24.1 Å². The highest BCUT2D eigenvalue weighted by Crippen LogP contribution is 2.42. The zero-order valence-corrected chi connectivity index (χ0v) is 17.7. The number of esters is 1. The molecule has 2 unspecified atom stereocenters. The van der Waals surface area contributed by atoms with Crippen LogP contribution in [-0.2, 0) is 14.3 Å². The number of allylic oxidation sites excluding steroid dienone is 1. The van der Waals surface area contributed by atoms with Crippen molar-refractivity contribution in [3.8, 4) is 0 Å². The van der Waals surface area contributed by atoms with Gasteiger partial charge in [0.2, 0.25) is 0 Å². The Hall–Kier alpha value is -3.02. The second-order valence-electron chi connectivity index (χ2n) is 8.31. The molecule has 156 valence electrons. The molecule has 0 N–H and O–H groups in total. The first-order valence-electron chi connectivity index (χ1n) is 10.2. The van der Waals surface area contributed by atoms with Crippen molar-refractivity contribution < 1.29 is 18.7 Å². The van der Waals surface area contributed by atoms with Crippen LogP contribution in [0, 0.1) is 18.8 Å². The van der Waals surface area contributed by atoms with E-state index < -0.39 is 17.8 Å². The fourth-order valence-electron chi connectivity index (χ4n) is 4.28. The molecule has 2 heterocycles. The zero-order chi connectivity index (χ0) is 21.6. The van der Waals surface area contributed by atoms with E-state index in [1.54, 1.807) is 32.9 Å². The maximum absolute atomic E-state index is 13.1. The Balaban J connectivity index is 1.92. The van der Waals surface area contributed by atoms with Gasteiger partial charge in [-0.3, -0.25) is 14.6 Å². The van der Waals surface area contributed by atoms with E-state index in [1.165, 1.54) is 13.0 Å². The molecule has 2 atom stereocenters. The molecule has 1 aliphatic carbocycles. The van der Waals surface area contributed by atoms with E-state index >= 15 is 0 Å². The normalized spacial score (nSPS) is 21.5. The molecular formula is C24H25NO5. The van der Waals surface area contributed by atoms with Gasteiger partial charge in [0.1, 0.15) is 17.1 Å². The van der Waals surface area contributed by atoms with Gasteiger partial charge in [-0.25, -0.2) is 4.79 Å². The summed E-state index contributed by atoms with van der Waals surface area (Å²) in [7, 11) is 0. The van der Waals surface area contributed by atoms with E-state index in [4.69, 9.17) is 9.15 Å². The molecule has 1 aromatic heterocycles. The zero-order valence-electron chi connectivity index (χ0n) is 17.7. The maximum atomic E-state index is 13.1. The summed E-state index contributed by atoms with van der Waals surface area (Å²) < 4.78 is 11.5. The molecular weight excluding hydrogens is 382 g/mol. The molecule has 0 spiro atoms. The number of ether oxygens (including phenoxy) is 1. The first-order chi connectivity index (χ1) is 14.3. The number of hydrogen-bond acceptors (Lipinski definition) is 6. The molecule has 0 bridgehead atoms. The maximum Gasteiger partial charge on any atom is 0.336 e. The van der Waals surface area contributed by atoms with Gasteiger partial charge in [-0.1, -0.05) is 12.1 Å². The Kier molecular flexibility index (Phi) is 5.18. The van der Waals surface area contributed by atoms with Crippen molar-refractivity contribution in [3.05, 3.63) is 57.1 Å². The van der Waals surface area contributed by atoms with E-state index in [-0.39, 0.29) is 11.2 Å². The van der Waals surface area contributed by atoms with Crippen LogP contribution in [0.4, 0.5) is 0 Å². The third-order valence-corrected chi connectivity index (χ3v) is 5.88. The lowest BCUT2D eigenvalue weighted by atomic mass is 9.73. The molecule has 0 saturated heterocycles. The lowest BCUT2D eigenvalue weighted by Crippen LogP contribution is -2.34. The number of para-hydroxylation sites is 1. The Bertz CT molecular complexity index is 1170. The fourth-order valence-corrected chi connectivity index (χ4v) is 4.28. The van der Waals surface area contributed by atoms with Gasteiger partial charge in [-0.15, -0.1) is 0 Å². The number of ketones is 1. The van der Waals surface area contributed by atoms with E-state index in [9.17, 15) is 14.4 Å². The SMILES string of the molecule is CC(=O)C1C(C)=NC(C)=C(C(=O)OCC2CC2)C1c1cccc2c(=O)cc(C)oc12. The highest BCUT2D eigenvalue weighted by atomic mass is 16.5. The van der Waals surface area contributed by atoms with Crippen molar-refractivity contribution in [2.75, 3.05) is 6.61 Å². The molecule has 2 aromatic rings. The van der Waals surface area contributed by atoms with Gasteiger partial charge in [-0.2, -0.15) is 0 Å². The molecule has 6 heteroatoms. The van der Waals surface area contributed by atoms with Crippen molar-refractivity contribution in [2.24, 2.45) is 16.8 Å². The van der Waals surface area contributed by atoms with Gasteiger partial charge in [0.25, 0.3) is 0 Å². The molecule has 4 rings (SSSR count). The van der Waals surface area contributed by atoms with E-state index in [0.717, 1.165) is 12.8 Å². The average molecular weight is 407 g/mol. The molecule has 1 fully saturated rings. The van der Waals surface area contributed by atoms with Gasteiger partial charge in [-0.05, 0) is 52.5 Å². The molecule has 2 aliphatic rings. The van der Waals surface area contributed by atoms with Gasteiger partial charge in [0, 0.05) is 29.0 Å². The Morgan fingerprint density at radius 1 is 1.20 bits per heavy atom. The quantitative estimate of drug-likeness (QED) is 0.697. The van der Waals surface area contributed by atoms with E-state index in [0.29, 0.717) is 51.8 Å². The van der Waals surface area contributed by atoms with Crippen LogP contribution in [0.5, 0.6) is 0 Å². The summed E-state index contributed by atoms with van der Waals surface area (Å²) >= 11 is 0. The largest absolute Gasteiger partial charge is 0.462 e. The second kappa shape index (κ2) is 7.67. The van der Waals surface area contributed by atoms with Crippen LogP contribution in [0.25, 0.3) is 11.0 Å².